The van der Waals surface area contributed by atoms with Crippen molar-refractivity contribution >= 4 is 22.4 Å². The molecule has 0 bridgehead atoms. The van der Waals surface area contributed by atoms with Crippen LogP contribution in [-0.4, -0.2) is 33.3 Å². The standard InChI is InChI=1S/C11H13F2NO3S/c12-8-5-9(13)7-10(6-8)14-11(16)1-3-18(17)4-2-15/h5-7,15H,1-4H2,(H,14,16). The van der Waals surface area contributed by atoms with Crippen LogP contribution in [0.1, 0.15) is 6.42 Å². The van der Waals surface area contributed by atoms with E-state index in [1.54, 1.807) is 0 Å². The Labute approximate surface area is 105 Å². The van der Waals surface area contributed by atoms with Crippen LogP contribution < -0.4 is 5.32 Å². The SMILES string of the molecule is O=C(CCS(=O)CCO)Nc1cc(F)cc(F)c1. The van der Waals surface area contributed by atoms with Crippen LogP contribution in [0.15, 0.2) is 18.2 Å². The van der Waals surface area contributed by atoms with Crippen molar-refractivity contribution in [2.75, 3.05) is 23.4 Å². The summed E-state index contributed by atoms with van der Waals surface area (Å²) in [6.45, 7) is -0.205. The number of halogens is 2. The Bertz CT molecular complexity index is 434. The van der Waals surface area contributed by atoms with Crippen LogP contribution in [0.3, 0.4) is 0 Å². The molecule has 0 heterocycles. The average Bonchev–Trinajstić information content (AvgIpc) is 2.25. The number of benzene rings is 1. The summed E-state index contributed by atoms with van der Waals surface area (Å²) in [4.78, 5) is 11.4. The average molecular weight is 277 g/mol. The Morgan fingerprint density at radius 2 is 1.83 bits per heavy atom. The molecule has 0 saturated carbocycles. The van der Waals surface area contributed by atoms with E-state index in [1.165, 1.54) is 0 Å². The van der Waals surface area contributed by atoms with Gasteiger partial charge in [0.25, 0.3) is 0 Å². The van der Waals surface area contributed by atoms with Crippen LogP contribution in [0, 0.1) is 11.6 Å². The maximum Gasteiger partial charge on any atom is 0.225 e. The van der Waals surface area contributed by atoms with Gasteiger partial charge in [-0.15, -0.1) is 0 Å². The van der Waals surface area contributed by atoms with Gasteiger partial charge in [-0.2, -0.15) is 0 Å². The van der Waals surface area contributed by atoms with Crippen molar-refractivity contribution in [3.63, 3.8) is 0 Å². The Morgan fingerprint density at radius 1 is 1.22 bits per heavy atom. The molecule has 0 aromatic heterocycles. The van der Waals surface area contributed by atoms with Crippen LogP contribution in [0.25, 0.3) is 0 Å². The lowest BCUT2D eigenvalue weighted by molar-refractivity contribution is -0.115. The predicted molar refractivity (Wildman–Crippen MR) is 64.6 cm³/mol. The molecule has 0 aliphatic carbocycles. The topological polar surface area (TPSA) is 66.4 Å². The second-order valence-electron chi connectivity index (χ2n) is 3.53. The molecule has 0 spiro atoms. The summed E-state index contributed by atoms with van der Waals surface area (Å²) >= 11 is 0. The van der Waals surface area contributed by atoms with Crippen LogP contribution >= 0.6 is 0 Å². The zero-order valence-electron chi connectivity index (χ0n) is 9.49. The van der Waals surface area contributed by atoms with Crippen molar-refractivity contribution in [1.82, 2.24) is 0 Å². The molecule has 1 rings (SSSR count). The number of hydrogen-bond acceptors (Lipinski definition) is 3. The third kappa shape index (κ3) is 5.33. The summed E-state index contributed by atoms with van der Waals surface area (Å²) in [5, 5.41) is 10.8. The second kappa shape index (κ2) is 7.17. The Balaban J connectivity index is 2.47. The highest BCUT2D eigenvalue weighted by molar-refractivity contribution is 7.85. The van der Waals surface area contributed by atoms with Gasteiger partial charge in [-0.1, -0.05) is 0 Å². The Hall–Kier alpha value is -1.34. The monoisotopic (exact) mass is 277 g/mol. The molecule has 1 aromatic carbocycles. The maximum absolute atomic E-state index is 12.8. The predicted octanol–water partition coefficient (Wildman–Crippen LogP) is 1.03. The van der Waals surface area contributed by atoms with Crippen LogP contribution in [0.2, 0.25) is 0 Å². The van der Waals surface area contributed by atoms with Crippen molar-refractivity contribution in [3.8, 4) is 0 Å². The summed E-state index contributed by atoms with van der Waals surface area (Å²) in [6.07, 6.45) is -0.0370. The Kier molecular flexibility index (Phi) is 5.87. The van der Waals surface area contributed by atoms with Crippen molar-refractivity contribution in [3.05, 3.63) is 29.8 Å². The molecular formula is C11H13F2NO3S. The molecule has 1 atom stereocenters. The lowest BCUT2D eigenvalue weighted by Gasteiger charge is -2.05. The van der Waals surface area contributed by atoms with Gasteiger partial charge < -0.3 is 10.4 Å². The number of aliphatic hydroxyl groups is 1. The third-order valence-electron chi connectivity index (χ3n) is 2.02. The van der Waals surface area contributed by atoms with Gasteiger partial charge in [-0.05, 0) is 12.1 Å². The molecule has 1 aromatic rings. The minimum Gasteiger partial charge on any atom is -0.395 e. The highest BCUT2D eigenvalue weighted by atomic mass is 32.2. The maximum atomic E-state index is 12.8. The fourth-order valence-electron chi connectivity index (χ4n) is 1.26. The number of nitrogens with one attached hydrogen (secondary N) is 1. The van der Waals surface area contributed by atoms with Gasteiger partial charge in [0.2, 0.25) is 5.91 Å². The van der Waals surface area contributed by atoms with E-state index in [4.69, 9.17) is 5.11 Å². The van der Waals surface area contributed by atoms with E-state index < -0.39 is 28.3 Å². The number of amides is 1. The first-order valence-electron chi connectivity index (χ1n) is 5.23. The molecule has 0 aliphatic rings. The second-order valence-corrected chi connectivity index (χ2v) is 5.22. The van der Waals surface area contributed by atoms with Gasteiger partial charge >= 0.3 is 0 Å². The van der Waals surface area contributed by atoms with Crippen LogP contribution in [0.4, 0.5) is 14.5 Å². The lowest BCUT2D eigenvalue weighted by Crippen LogP contribution is -2.16. The van der Waals surface area contributed by atoms with Crippen molar-refractivity contribution in [2.45, 2.75) is 6.42 Å². The first kappa shape index (κ1) is 14.7. The number of aliphatic hydroxyl groups excluding tert-OH is 1. The van der Waals surface area contributed by atoms with Crippen molar-refractivity contribution in [2.24, 2.45) is 0 Å². The molecule has 100 valence electrons. The fraction of sp³-hybridized carbons (Fsp3) is 0.364. The summed E-state index contributed by atoms with van der Waals surface area (Å²) in [5.41, 5.74) is 0.0189. The summed E-state index contributed by atoms with van der Waals surface area (Å²) in [7, 11) is -1.27. The molecule has 4 nitrogen and oxygen atoms in total. The zero-order chi connectivity index (χ0) is 13.5. The van der Waals surface area contributed by atoms with E-state index in [0.717, 1.165) is 12.1 Å². The van der Waals surface area contributed by atoms with Gasteiger partial charge in [0.05, 0.1) is 6.61 Å². The number of rotatable bonds is 6. The van der Waals surface area contributed by atoms with Gasteiger partial charge in [0.1, 0.15) is 11.6 Å². The summed E-state index contributed by atoms with van der Waals surface area (Å²) < 4.78 is 36.8. The van der Waals surface area contributed by atoms with E-state index in [1.807, 2.05) is 0 Å². The number of hydrogen-bond donors (Lipinski definition) is 2. The van der Waals surface area contributed by atoms with Crippen LogP contribution in [0.5, 0.6) is 0 Å². The molecular weight excluding hydrogens is 264 g/mol. The molecule has 0 aliphatic heterocycles. The van der Waals surface area contributed by atoms with Gasteiger partial charge in [-0.25, -0.2) is 8.78 Å². The molecule has 7 heteroatoms. The molecule has 2 N–H and O–H groups in total. The van der Waals surface area contributed by atoms with E-state index in [9.17, 15) is 17.8 Å². The van der Waals surface area contributed by atoms with Gasteiger partial charge in [0.15, 0.2) is 0 Å². The fourth-order valence-corrected chi connectivity index (χ4v) is 2.08. The van der Waals surface area contributed by atoms with Crippen molar-refractivity contribution < 1.29 is 22.9 Å². The van der Waals surface area contributed by atoms with Crippen molar-refractivity contribution in [1.29, 1.82) is 0 Å². The minimum absolute atomic E-state index is 0.0189. The zero-order valence-corrected chi connectivity index (χ0v) is 10.3. The first-order valence-corrected chi connectivity index (χ1v) is 6.72. The Morgan fingerprint density at radius 3 is 2.39 bits per heavy atom. The summed E-state index contributed by atoms with van der Waals surface area (Å²) in [6, 6.07) is 2.68. The highest BCUT2D eigenvalue weighted by Crippen LogP contribution is 2.13. The van der Waals surface area contributed by atoms with E-state index in [-0.39, 0.29) is 30.2 Å². The van der Waals surface area contributed by atoms with E-state index in [2.05, 4.69) is 5.32 Å². The molecule has 0 saturated heterocycles. The summed E-state index contributed by atoms with van der Waals surface area (Å²) in [5.74, 6) is -1.83. The van der Waals surface area contributed by atoms with E-state index >= 15 is 0 Å². The lowest BCUT2D eigenvalue weighted by atomic mass is 10.3. The quantitative estimate of drug-likeness (QED) is 0.816. The van der Waals surface area contributed by atoms with E-state index in [0.29, 0.717) is 6.07 Å². The minimum atomic E-state index is -1.27. The third-order valence-corrected chi connectivity index (χ3v) is 3.32. The largest absolute Gasteiger partial charge is 0.395 e. The van der Waals surface area contributed by atoms with Gasteiger partial charge in [0, 0.05) is 40.5 Å². The molecule has 18 heavy (non-hydrogen) atoms. The molecule has 1 amide bonds. The normalized spacial score (nSPS) is 12.2. The smallest absolute Gasteiger partial charge is 0.225 e. The number of carbonyl (C=O) groups is 1. The van der Waals surface area contributed by atoms with Gasteiger partial charge in [-0.3, -0.25) is 9.00 Å². The highest BCUT2D eigenvalue weighted by Gasteiger charge is 2.07. The number of anilines is 1. The molecule has 0 fully saturated rings. The molecule has 0 radical (unpaired) electrons. The molecule has 1 unspecified atom stereocenters. The number of carbonyl (C=O) groups excluding carboxylic acids is 1. The first-order chi connectivity index (χ1) is 8.51. The van der Waals surface area contributed by atoms with Crippen LogP contribution in [-0.2, 0) is 15.6 Å².